The van der Waals surface area contributed by atoms with Crippen molar-refractivity contribution in [2.24, 2.45) is 17.8 Å². The molecule has 2 aromatic carbocycles. The predicted molar refractivity (Wildman–Crippen MR) is 141 cm³/mol. The lowest BCUT2D eigenvalue weighted by atomic mass is 9.68. The molecule has 0 atom stereocenters. The molecule has 0 spiro atoms. The number of hydrogen-bond acceptors (Lipinski definition) is 1. The minimum absolute atomic E-state index is 0.0442. The topological polar surface area (TPSA) is 9.23 Å². The Kier molecular flexibility index (Phi) is 9.40. The number of allylic oxidation sites excluding steroid dienone is 2. The maximum Gasteiger partial charge on any atom is 0.200 e. The van der Waals surface area contributed by atoms with Crippen molar-refractivity contribution in [2.45, 2.75) is 90.4 Å². The Bertz CT molecular complexity index is 948. The zero-order chi connectivity index (χ0) is 24.6. The van der Waals surface area contributed by atoms with Gasteiger partial charge in [-0.05, 0) is 118 Å². The summed E-state index contributed by atoms with van der Waals surface area (Å²) in [6.45, 7) is 4.50. The number of hydrogen-bond donors (Lipinski definition) is 0. The van der Waals surface area contributed by atoms with Gasteiger partial charge in [-0.2, -0.15) is 4.39 Å². The van der Waals surface area contributed by atoms with E-state index in [1.54, 1.807) is 12.1 Å². The summed E-state index contributed by atoms with van der Waals surface area (Å²) in [5, 5.41) is 0. The molecule has 0 bridgehead atoms. The Balaban J connectivity index is 1.19. The van der Waals surface area contributed by atoms with Gasteiger partial charge in [0.1, 0.15) is 0 Å². The first-order chi connectivity index (χ1) is 17.0. The average Bonchev–Trinajstić information content (AvgIpc) is 2.89. The summed E-state index contributed by atoms with van der Waals surface area (Å²) in [4.78, 5) is 0. The van der Waals surface area contributed by atoms with Crippen LogP contribution < -0.4 is 4.74 Å². The van der Waals surface area contributed by atoms with E-state index in [-0.39, 0.29) is 11.7 Å². The van der Waals surface area contributed by atoms with Gasteiger partial charge in [-0.1, -0.05) is 55.0 Å². The van der Waals surface area contributed by atoms with Crippen LogP contribution in [0.5, 0.6) is 5.75 Å². The van der Waals surface area contributed by atoms with Gasteiger partial charge in [-0.3, -0.25) is 0 Å². The van der Waals surface area contributed by atoms with Crippen molar-refractivity contribution < 1.29 is 13.5 Å². The largest absolute Gasteiger partial charge is 0.490 e. The second-order valence-corrected chi connectivity index (χ2v) is 10.9. The highest BCUT2D eigenvalue weighted by molar-refractivity contribution is 5.33. The molecule has 35 heavy (non-hydrogen) atoms. The van der Waals surface area contributed by atoms with Crippen molar-refractivity contribution in [1.29, 1.82) is 0 Å². The number of aryl methyl sites for hydroxylation is 2. The maximum atomic E-state index is 14.7. The quantitative estimate of drug-likeness (QED) is 0.325. The molecular weight excluding hydrogens is 438 g/mol. The second-order valence-electron chi connectivity index (χ2n) is 10.9. The van der Waals surface area contributed by atoms with E-state index >= 15 is 0 Å². The molecule has 2 fully saturated rings. The summed E-state index contributed by atoms with van der Waals surface area (Å²) in [6, 6.07) is 12.2. The fraction of sp³-hybridized carbons (Fsp3) is 0.562. The van der Waals surface area contributed by atoms with E-state index < -0.39 is 11.6 Å². The first-order valence-corrected chi connectivity index (χ1v) is 13.9. The van der Waals surface area contributed by atoms with Gasteiger partial charge < -0.3 is 4.74 Å². The standard InChI is InChI=1S/C32H42F2O/c1-3-22-35-30-21-20-29(31(33)32(30)34)28-18-16-27(17-19-28)26-14-12-25(13-15-26)7-5-4-6-24-10-8-23(2)9-11-24/h5,7-11,20-21,25-28H,3-4,6,12-19,22H2,1-2H3/b7-5+. The van der Waals surface area contributed by atoms with E-state index in [0.29, 0.717) is 12.2 Å². The van der Waals surface area contributed by atoms with Gasteiger partial charge in [-0.25, -0.2) is 4.39 Å². The minimum atomic E-state index is -0.816. The second kappa shape index (κ2) is 12.7. The zero-order valence-corrected chi connectivity index (χ0v) is 21.6. The average molecular weight is 481 g/mol. The maximum absolute atomic E-state index is 14.7. The molecule has 2 aliphatic carbocycles. The van der Waals surface area contributed by atoms with Crippen LogP contribution in [0.2, 0.25) is 0 Å². The Morgan fingerprint density at radius 3 is 2.14 bits per heavy atom. The van der Waals surface area contributed by atoms with Gasteiger partial charge in [0.2, 0.25) is 5.82 Å². The lowest BCUT2D eigenvalue weighted by molar-refractivity contribution is 0.170. The molecule has 0 amide bonds. The molecule has 0 unspecified atom stereocenters. The summed E-state index contributed by atoms with van der Waals surface area (Å²) in [5.41, 5.74) is 3.29. The molecule has 190 valence electrons. The number of halogens is 2. The minimum Gasteiger partial charge on any atom is -0.490 e. The molecular formula is C32H42F2O. The summed E-state index contributed by atoms with van der Waals surface area (Å²) in [6.07, 6.45) is 17.3. The molecule has 0 N–H and O–H groups in total. The normalized spacial score (nSPS) is 25.1. The van der Waals surface area contributed by atoms with Crippen molar-refractivity contribution in [1.82, 2.24) is 0 Å². The molecule has 0 aromatic heterocycles. The van der Waals surface area contributed by atoms with Crippen LogP contribution in [0.4, 0.5) is 8.78 Å². The Morgan fingerprint density at radius 2 is 1.49 bits per heavy atom. The summed E-state index contributed by atoms with van der Waals surface area (Å²) < 4.78 is 34.5. The molecule has 2 aliphatic rings. The van der Waals surface area contributed by atoms with E-state index in [1.165, 1.54) is 36.8 Å². The van der Waals surface area contributed by atoms with Crippen molar-refractivity contribution in [3.63, 3.8) is 0 Å². The number of rotatable bonds is 9. The summed E-state index contributed by atoms with van der Waals surface area (Å²) in [5.74, 6) is 0.944. The SMILES string of the molecule is CCCOc1ccc(C2CCC(C3CCC(/C=C/CCc4ccc(C)cc4)CC3)CC2)c(F)c1F. The van der Waals surface area contributed by atoms with Crippen LogP contribution >= 0.6 is 0 Å². The fourth-order valence-corrected chi connectivity index (χ4v) is 6.19. The van der Waals surface area contributed by atoms with Gasteiger partial charge in [-0.15, -0.1) is 0 Å². The van der Waals surface area contributed by atoms with Crippen molar-refractivity contribution in [2.75, 3.05) is 6.61 Å². The first kappa shape index (κ1) is 25.9. The van der Waals surface area contributed by atoms with Crippen molar-refractivity contribution in [3.05, 3.63) is 76.9 Å². The fourth-order valence-electron chi connectivity index (χ4n) is 6.19. The first-order valence-electron chi connectivity index (χ1n) is 13.9. The highest BCUT2D eigenvalue weighted by atomic mass is 19.2. The van der Waals surface area contributed by atoms with Crippen molar-refractivity contribution in [3.8, 4) is 5.75 Å². The lowest BCUT2D eigenvalue weighted by Gasteiger charge is -2.37. The summed E-state index contributed by atoms with van der Waals surface area (Å²) >= 11 is 0. The third-order valence-corrected chi connectivity index (χ3v) is 8.36. The zero-order valence-electron chi connectivity index (χ0n) is 21.6. The Hall–Kier alpha value is -2.16. The van der Waals surface area contributed by atoms with Crippen LogP contribution in [0.15, 0.2) is 48.6 Å². The smallest absolute Gasteiger partial charge is 0.200 e. The van der Waals surface area contributed by atoms with Crippen LogP contribution in [-0.2, 0) is 6.42 Å². The van der Waals surface area contributed by atoms with Crippen LogP contribution in [-0.4, -0.2) is 6.61 Å². The molecule has 3 heteroatoms. The summed E-state index contributed by atoms with van der Waals surface area (Å²) in [7, 11) is 0. The molecule has 0 saturated heterocycles. The van der Waals surface area contributed by atoms with Gasteiger partial charge in [0.05, 0.1) is 6.61 Å². The number of ether oxygens (including phenoxy) is 1. The van der Waals surface area contributed by atoms with E-state index in [4.69, 9.17) is 4.74 Å². The molecule has 2 saturated carbocycles. The molecule has 0 aliphatic heterocycles. The lowest BCUT2D eigenvalue weighted by Crippen LogP contribution is -2.25. The van der Waals surface area contributed by atoms with Gasteiger partial charge in [0, 0.05) is 0 Å². The monoisotopic (exact) mass is 480 g/mol. The Morgan fingerprint density at radius 1 is 0.829 bits per heavy atom. The van der Waals surface area contributed by atoms with Crippen LogP contribution in [0.1, 0.15) is 93.7 Å². The highest BCUT2D eigenvalue weighted by Gasteiger charge is 2.32. The number of benzene rings is 2. The molecule has 0 heterocycles. The highest BCUT2D eigenvalue weighted by Crippen LogP contribution is 2.45. The van der Waals surface area contributed by atoms with E-state index in [9.17, 15) is 8.78 Å². The van der Waals surface area contributed by atoms with Crippen LogP contribution in [0.25, 0.3) is 0 Å². The van der Waals surface area contributed by atoms with Gasteiger partial charge in [0.25, 0.3) is 0 Å². The van der Waals surface area contributed by atoms with E-state index in [0.717, 1.165) is 62.7 Å². The van der Waals surface area contributed by atoms with Crippen LogP contribution in [0.3, 0.4) is 0 Å². The van der Waals surface area contributed by atoms with Gasteiger partial charge in [0.15, 0.2) is 11.6 Å². The molecule has 2 aromatic rings. The molecule has 0 radical (unpaired) electrons. The molecule has 1 nitrogen and oxygen atoms in total. The van der Waals surface area contributed by atoms with Crippen molar-refractivity contribution >= 4 is 0 Å². The van der Waals surface area contributed by atoms with Gasteiger partial charge >= 0.3 is 0 Å². The van der Waals surface area contributed by atoms with E-state index in [2.05, 4.69) is 43.3 Å². The Labute approximate surface area is 211 Å². The molecule has 4 rings (SSSR count). The predicted octanol–water partition coefficient (Wildman–Crippen LogP) is 9.33. The van der Waals surface area contributed by atoms with E-state index in [1.807, 2.05) is 6.92 Å². The third-order valence-electron chi connectivity index (χ3n) is 8.36. The third kappa shape index (κ3) is 6.96. The van der Waals surface area contributed by atoms with Crippen LogP contribution in [0, 0.1) is 36.3 Å².